The number of hydrogen-bond donors (Lipinski definition) is 3. The molecule has 1 aliphatic rings. The van der Waals surface area contributed by atoms with E-state index in [1.165, 1.54) is 0 Å². The van der Waals surface area contributed by atoms with E-state index in [4.69, 9.17) is 16.5 Å². The third-order valence-corrected chi connectivity index (χ3v) is 3.89. The summed E-state index contributed by atoms with van der Waals surface area (Å²) >= 11 is 0. The number of nitrogens with two attached hydrogens (primary N) is 2. The van der Waals surface area contributed by atoms with Crippen LogP contribution in [-0.4, -0.2) is 5.84 Å². The molecule has 0 saturated carbocycles. The minimum Gasteiger partial charge on any atom is -0.399 e. The molecule has 0 aromatic heterocycles. The third kappa shape index (κ3) is 2.52. The smallest absolute Gasteiger partial charge is 0.152 e. The molecule has 5 heteroatoms. The van der Waals surface area contributed by atoms with Gasteiger partial charge < -0.3 is 11.5 Å². The summed E-state index contributed by atoms with van der Waals surface area (Å²) < 4.78 is 0. The zero-order valence-electron chi connectivity index (χ0n) is 13.0. The lowest BCUT2D eigenvalue weighted by Crippen LogP contribution is -2.41. The van der Waals surface area contributed by atoms with E-state index in [1.807, 2.05) is 77.8 Å². The lowest BCUT2D eigenvalue weighted by Gasteiger charge is -2.32. The molecular formula is C19H17N5. The van der Waals surface area contributed by atoms with Crippen molar-refractivity contribution < 1.29 is 0 Å². The molecule has 0 amide bonds. The van der Waals surface area contributed by atoms with Crippen LogP contribution in [0.4, 0.5) is 28.4 Å². The molecule has 5 nitrogen and oxygen atoms in total. The summed E-state index contributed by atoms with van der Waals surface area (Å²) in [4.78, 5) is 4.73. The van der Waals surface area contributed by atoms with Crippen molar-refractivity contribution in [1.29, 1.82) is 0 Å². The topological polar surface area (TPSA) is 79.7 Å². The highest BCUT2D eigenvalue weighted by molar-refractivity contribution is 6.05. The van der Waals surface area contributed by atoms with Gasteiger partial charge in [-0.15, -0.1) is 0 Å². The van der Waals surface area contributed by atoms with Crippen molar-refractivity contribution in [3.63, 3.8) is 0 Å². The number of benzene rings is 3. The third-order valence-electron chi connectivity index (χ3n) is 3.89. The van der Waals surface area contributed by atoms with Gasteiger partial charge >= 0.3 is 0 Å². The molecular weight excluding hydrogens is 298 g/mol. The molecule has 5 N–H and O–H groups in total. The Balaban J connectivity index is 1.84. The molecule has 0 radical (unpaired) electrons. The predicted octanol–water partition coefficient (Wildman–Crippen LogP) is 3.59. The molecule has 24 heavy (non-hydrogen) atoms. The molecule has 3 aromatic rings. The van der Waals surface area contributed by atoms with Gasteiger partial charge in [0.2, 0.25) is 0 Å². The fourth-order valence-corrected chi connectivity index (χ4v) is 2.68. The number of nitrogens with zero attached hydrogens (tertiary/aromatic N) is 2. The van der Waals surface area contributed by atoms with Gasteiger partial charge in [-0.05, 0) is 54.6 Å². The quantitative estimate of drug-likeness (QED) is 0.631. The second-order valence-electron chi connectivity index (χ2n) is 5.61. The van der Waals surface area contributed by atoms with Gasteiger partial charge in [-0.1, -0.05) is 18.2 Å². The predicted molar refractivity (Wildman–Crippen MR) is 99.6 cm³/mol. The molecule has 1 heterocycles. The molecule has 4 rings (SSSR count). The van der Waals surface area contributed by atoms with Gasteiger partial charge in [-0.2, -0.15) is 0 Å². The van der Waals surface area contributed by atoms with Crippen LogP contribution in [0, 0.1) is 0 Å². The Kier molecular flexibility index (Phi) is 3.31. The van der Waals surface area contributed by atoms with Crippen LogP contribution in [0.25, 0.3) is 0 Å². The van der Waals surface area contributed by atoms with Gasteiger partial charge in [0.25, 0.3) is 0 Å². The number of hydrazine groups is 1. The van der Waals surface area contributed by atoms with Crippen LogP contribution in [0.15, 0.2) is 77.8 Å². The number of anilines is 4. The number of aliphatic imine (C=N–C) groups is 1. The summed E-state index contributed by atoms with van der Waals surface area (Å²) in [6.45, 7) is 0. The number of fused-ring (bicyclic) bond motifs is 1. The van der Waals surface area contributed by atoms with E-state index in [0.717, 1.165) is 34.1 Å². The molecule has 0 fully saturated rings. The van der Waals surface area contributed by atoms with Crippen molar-refractivity contribution in [2.75, 3.05) is 16.5 Å². The molecule has 0 unspecified atom stereocenters. The van der Waals surface area contributed by atoms with Crippen LogP contribution in [0.3, 0.4) is 0 Å². The minimum atomic E-state index is 0.697. The first-order valence-corrected chi connectivity index (χ1v) is 7.67. The second kappa shape index (κ2) is 5.62. The zero-order valence-corrected chi connectivity index (χ0v) is 13.0. The first kappa shape index (κ1) is 14.1. The number of rotatable bonds is 2. The van der Waals surface area contributed by atoms with Gasteiger partial charge in [0.15, 0.2) is 5.84 Å². The Morgan fingerprint density at radius 3 is 2.25 bits per heavy atom. The fourth-order valence-electron chi connectivity index (χ4n) is 2.68. The molecule has 0 aliphatic carbocycles. The Morgan fingerprint density at radius 2 is 1.50 bits per heavy atom. The van der Waals surface area contributed by atoms with Gasteiger partial charge in [-0.3, -0.25) is 10.4 Å². The standard InChI is InChI=1S/C19H17N5/c20-14-8-6-13(7-9-14)19-22-17-11-10-15(21)12-18(17)24(23-19)16-4-2-1-3-5-16/h1-12H,20-21H2,(H,22,23). The summed E-state index contributed by atoms with van der Waals surface area (Å²) in [5, 5.41) is 1.99. The largest absolute Gasteiger partial charge is 0.399 e. The van der Waals surface area contributed by atoms with Crippen LogP contribution < -0.4 is 21.9 Å². The van der Waals surface area contributed by atoms with E-state index in [9.17, 15) is 0 Å². The average Bonchev–Trinajstić information content (AvgIpc) is 2.62. The summed E-state index contributed by atoms with van der Waals surface area (Å²) in [6.07, 6.45) is 0. The van der Waals surface area contributed by atoms with Crippen LogP contribution in [0.1, 0.15) is 5.56 Å². The van der Waals surface area contributed by atoms with Crippen molar-refractivity contribution >= 4 is 34.3 Å². The van der Waals surface area contributed by atoms with E-state index in [1.54, 1.807) is 0 Å². The highest BCUT2D eigenvalue weighted by Crippen LogP contribution is 2.37. The Hall–Kier alpha value is -3.47. The van der Waals surface area contributed by atoms with Crippen molar-refractivity contribution in [1.82, 2.24) is 5.43 Å². The van der Waals surface area contributed by atoms with Crippen LogP contribution in [0.5, 0.6) is 0 Å². The van der Waals surface area contributed by atoms with Crippen molar-refractivity contribution in [3.8, 4) is 0 Å². The van der Waals surface area contributed by atoms with Crippen LogP contribution in [0.2, 0.25) is 0 Å². The lowest BCUT2D eigenvalue weighted by atomic mass is 10.1. The zero-order chi connectivity index (χ0) is 16.5. The van der Waals surface area contributed by atoms with Crippen LogP contribution in [-0.2, 0) is 0 Å². The average molecular weight is 315 g/mol. The first-order valence-electron chi connectivity index (χ1n) is 7.67. The van der Waals surface area contributed by atoms with E-state index in [2.05, 4.69) is 5.43 Å². The highest BCUT2D eigenvalue weighted by atomic mass is 15.5. The van der Waals surface area contributed by atoms with E-state index in [-0.39, 0.29) is 0 Å². The Bertz CT molecular complexity index is 901. The monoisotopic (exact) mass is 315 g/mol. The Morgan fingerprint density at radius 1 is 0.792 bits per heavy atom. The molecule has 0 spiro atoms. The maximum absolute atomic E-state index is 5.97. The van der Waals surface area contributed by atoms with E-state index < -0.39 is 0 Å². The first-order chi connectivity index (χ1) is 11.7. The Labute approximate surface area is 140 Å². The molecule has 118 valence electrons. The molecule has 3 aromatic carbocycles. The minimum absolute atomic E-state index is 0.697. The number of para-hydroxylation sites is 1. The molecule has 0 saturated heterocycles. The van der Waals surface area contributed by atoms with Crippen molar-refractivity contribution in [3.05, 3.63) is 78.4 Å². The van der Waals surface area contributed by atoms with Crippen LogP contribution >= 0.6 is 0 Å². The van der Waals surface area contributed by atoms with Crippen molar-refractivity contribution in [2.24, 2.45) is 4.99 Å². The van der Waals surface area contributed by atoms with Gasteiger partial charge in [0.05, 0.1) is 17.1 Å². The summed E-state index contributed by atoms with van der Waals surface area (Å²) in [6, 6.07) is 23.4. The molecule has 0 atom stereocenters. The highest BCUT2D eigenvalue weighted by Gasteiger charge is 2.21. The molecule has 1 aliphatic heterocycles. The van der Waals surface area contributed by atoms with Gasteiger partial charge in [0.1, 0.15) is 0 Å². The summed E-state index contributed by atoms with van der Waals surface area (Å²) in [5.74, 6) is 0.760. The number of hydrogen-bond acceptors (Lipinski definition) is 5. The number of nitrogens with one attached hydrogen (secondary N) is 1. The van der Waals surface area contributed by atoms with Crippen molar-refractivity contribution in [2.45, 2.75) is 0 Å². The summed E-state index contributed by atoms with van der Waals surface area (Å²) in [5.41, 5.74) is 20.3. The normalized spacial score (nSPS) is 13.0. The fraction of sp³-hybridized carbons (Fsp3) is 0. The van der Waals surface area contributed by atoms with E-state index in [0.29, 0.717) is 5.69 Å². The van der Waals surface area contributed by atoms with Gasteiger partial charge in [-0.25, -0.2) is 4.99 Å². The summed E-state index contributed by atoms with van der Waals surface area (Å²) in [7, 11) is 0. The lowest BCUT2D eigenvalue weighted by molar-refractivity contribution is 0.914. The number of amidine groups is 1. The van der Waals surface area contributed by atoms with Gasteiger partial charge in [0, 0.05) is 16.9 Å². The SMILES string of the molecule is Nc1ccc(C2=Nc3ccc(N)cc3N(c3ccccc3)N2)cc1. The number of nitrogen functional groups attached to an aromatic ring is 2. The van der Waals surface area contributed by atoms with E-state index >= 15 is 0 Å². The maximum Gasteiger partial charge on any atom is 0.152 e. The second-order valence-corrected chi connectivity index (χ2v) is 5.61. The molecule has 0 bridgehead atoms. The maximum atomic E-state index is 5.97.